The first-order valence-electron chi connectivity index (χ1n) is 5.04. The Bertz CT molecular complexity index is 291. The molecular formula is C9H21ClN2O3S. The van der Waals surface area contributed by atoms with Gasteiger partial charge in [0.1, 0.15) is 5.75 Å². The molecule has 7 heteroatoms. The summed E-state index contributed by atoms with van der Waals surface area (Å²) in [6.45, 7) is 4.54. The van der Waals surface area contributed by atoms with E-state index in [1.807, 2.05) is 13.8 Å². The van der Waals surface area contributed by atoms with Crippen molar-refractivity contribution in [1.82, 2.24) is 5.32 Å². The van der Waals surface area contributed by atoms with E-state index in [1.165, 1.54) is 0 Å². The topological polar surface area (TPSA) is 89.3 Å². The quantitative estimate of drug-likeness (QED) is 0.636. The second-order valence-electron chi connectivity index (χ2n) is 3.94. The minimum atomic E-state index is -3.26. The van der Waals surface area contributed by atoms with Crippen molar-refractivity contribution in [3.8, 4) is 0 Å². The van der Waals surface area contributed by atoms with Gasteiger partial charge in [-0.1, -0.05) is 13.8 Å². The standard InChI is InChI=1S/C9H20N2O3S.ClH/c1-8(2)6-15(13,14)7-9(12)11-5-3-4-10;/h8H,3-7,10H2,1-2H3,(H,11,12);1H. The number of carbonyl (C=O) groups excluding carboxylic acids is 1. The lowest BCUT2D eigenvalue weighted by Crippen LogP contribution is -2.33. The van der Waals surface area contributed by atoms with Crippen LogP contribution in [0.2, 0.25) is 0 Å². The molecule has 0 bridgehead atoms. The fourth-order valence-corrected chi connectivity index (χ4v) is 2.78. The van der Waals surface area contributed by atoms with Gasteiger partial charge in [0.25, 0.3) is 0 Å². The molecule has 0 rings (SSSR count). The highest BCUT2D eigenvalue weighted by atomic mass is 35.5. The molecule has 0 saturated carbocycles. The molecule has 0 fully saturated rings. The largest absolute Gasteiger partial charge is 0.355 e. The van der Waals surface area contributed by atoms with E-state index in [1.54, 1.807) is 0 Å². The van der Waals surface area contributed by atoms with Crippen LogP contribution in [0.25, 0.3) is 0 Å². The molecule has 0 atom stereocenters. The van der Waals surface area contributed by atoms with Crippen LogP contribution >= 0.6 is 12.4 Å². The number of halogens is 1. The van der Waals surface area contributed by atoms with E-state index in [2.05, 4.69) is 5.32 Å². The molecule has 0 aromatic rings. The molecule has 0 spiro atoms. The monoisotopic (exact) mass is 272 g/mol. The second-order valence-corrected chi connectivity index (χ2v) is 6.05. The van der Waals surface area contributed by atoms with Crippen molar-refractivity contribution >= 4 is 28.2 Å². The van der Waals surface area contributed by atoms with Gasteiger partial charge in [-0.05, 0) is 18.9 Å². The molecule has 1 amide bonds. The highest BCUT2D eigenvalue weighted by Gasteiger charge is 2.17. The van der Waals surface area contributed by atoms with E-state index in [-0.39, 0.29) is 24.1 Å². The van der Waals surface area contributed by atoms with E-state index < -0.39 is 21.5 Å². The first-order valence-corrected chi connectivity index (χ1v) is 6.86. The summed E-state index contributed by atoms with van der Waals surface area (Å²) in [6, 6.07) is 0. The summed E-state index contributed by atoms with van der Waals surface area (Å²) < 4.78 is 22.8. The molecule has 0 heterocycles. The van der Waals surface area contributed by atoms with Crippen molar-refractivity contribution in [1.29, 1.82) is 0 Å². The Morgan fingerprint density at radius 1 is 1.38 bits per heavy atom. The molecule has 98 valence electrons. The van der Waals surface area contributed by atoms with E-state index in [4.69, 9.17) is 5.73 Å². The smallest absolute Gasteiger partial charge is 0.235 e. The first kappa shape index (κ1) is 18.0. The zero-order chi connectivity index (χ0) is 11.9. The van der Waals surface area contributed by atoms with E-state index >= 15 is 0 Å². The lowest BCUT2D eigenvalue weighted by molar-refractivity contribution is -0.118. The highest BCUT2D eigenvalue weighted by molar-refractivity contribution is 7.92. The van der Waals surface area contributed by atoms with Gasteiger partial charge < -0.3 is 11.1 Å². The lowest BCUT2D eigenvalue weighted by Gasteiger charge is -2.07. The number of carbonyl (C=O) groups is 1. The Kier molecular flexibility index (Phi) is 9.90. The predicted molar refractivity (Wildman–Crippen MR) is 67.4 cm³/mol. The van der Waals surface area contributed by atoms with Gasteiger partial charge in [-0.2, -0.15) is 0 Å². The molecular weight excluding hydrogens is 252 g/mol. The Morgan fingerprint density at radius 2 is 1.94 bits per heavy atom. The molecule has 0 aromatic heterocycles. The average Bonchev–Trinajstić information content (AvgIpc) is 2.00. The van der Waals surface area contributed by atoms with Gasteiger partial charge in [-0.25, -0.2) is 8.42 Å². The Balaban J connectivity index is 0. The van der Waals surface area contributed by atoms with E-state index in [0.29, 0.717) is 19.5 Å². The van der Waals surface area contributed by atoms with Gasteiger partial charge in [-0.15, -0.1) is 12.4 Å². The molecule has 0 aliphatic heterocycles. The maximum absolute atomic E-state index is 11.4. The fourth-order valence-electron chi connectivity index (χ4n) is 1.15. The van der Waals surface area contributed by atoms with Crippen LogP contribution in [0.15, 0.2) is 0 Å². The van der Waals surface area contributed by atoms with Crippen molar-refractivity contribution in [2.45, 2.75) is 20.3 Å². The summed E-state index contributed by atoms with van der Waals surface area (Å²) in [5.41, 5.74) is 5.24. The highest BCUT2D eigenvalue weighted by Crippen LogP contribution is 2.00. The number of amides is 1. The predicted octanol–water partition coefficient (Wildman–Crippen LogP) is -0.0560. The van der Waals surface area contributed by atoms with Crippen LogP contribution in [0.3, 0.4) is 0 Å². The molecule has 0 aliphatic rings. The van der Waals surface area contributed by atoms with Crippen molar-refractivity contribution in [2.24, 2.45) is 11.7 Å². The number of nitrogens with one attached hydrogen (secondary N) is 1. The first-order chi connectivity index (χ1) is 6.87. The van der Waals surface area contributed by atoms with Crippen LogP contribution in [0.1, 0.15) is 20.3 Å². The Labute approximate surface area is 103 Å². The van der Waals surface area contributed by atoms with Crippen molar-refractivity contribution in [3.63, 3.8) is 0 Å². The van der Waals surface area contributed by atoms with Gasteiger partial charge in [-0.3, -0.25) is 4.79 Å². The van der Waals surface area contributed by atoms with Crippen LogP contribution in [0.4, 0.5) is 0 Å². The third-order valence-electron chi connectivity index (χ3n) is 1.64. The Morgan fingerprint density at radius 3 is 2.38 bits per heavy atom. The summed E-state index contributed by atoms with van der Waals surface area (Å²) in [5, 5.41) is 2.51. The lowest BCUT2D eigenvalue weighted by atomic mass is 10.3. The van der Waals surface area contributed by atoms with Crippen LogP contribution in [-0.4, -0.2) is 38.9 Å². The molecule has 0 unspecified atom stereocenters. The van der Waals surface area contributed by atoms with E-state index in [0.717, 1.165) is 0 Å². The van der Waals surface area contributed by atoms with Gasteiger partial charge in [0.05, 0.1) is 5.75 Å². The van der Waals surface area contributed by atoms with Gasteiger partial charge in [0.2, 0.25) is 5.91 Å². The maximum Gasteiger partial charge on any atom is 0.235 e. The molecule has 0 aromatic carbocycles. The van der Waals surface area contributed by atoms with Crippen LogP contribution < -0.4 is 11.1 Å². The van der Waals surface area contributed by atoms with Crippen LogP contribution in [-0.2, 0) is 14.6 Å². The van der Waals surface area contributed by atoms with Gasteiger partial charge in [0, 0.05) is 6.54 Å². The molecule has 16 heavy (non-hydrogen) atoms. The summed E-state index contributed by atoms with van der Waals surface area (Å²) in [6.07, 6.45) is 0.663. The number of hydrogen-bond donors (Lipinski definition) is 2. The molecule has 5 nitrogen and oxygen atoms in total. The minimum absolute atomic E-state index is 0. The number of sulfone groups is 1. The normalized spacial score (nSPS) is 11.0. The van der Waals surface area contributed by atoms with Crippen molar-refractivity contribution in [2.75, 3.05) is 24.6 Å². The summed E-state index contributed by atoms with van der Waals surface area (Å²) in [5.74, 6) is -0.761. The van der Waals surface area contributed by atoms with Crippen molar-refractivity contribution in [3.05, 3.63) is 0 Å². The fraction of sp³-hybridized carbons (Fsp3) is 0.889. The minimum Gasteiger partial charge on any atom is -0.355 e. The third-order valence-corrected chi connectivity index (χ3v) is 3.52. The van der Waals surface area contributed by atoms with Gasteiger partial charge in [0.15, 0.2) is 9.84 Å². The van der Waals surface area contributed by atoms with Gasteiger partial charge >= 0.3 is 0 Å². The number of nitrogens with two attached hydrogens (primary N) is 1. The van der Waals surface area contributed by atoms with Crippen LogP contribution in [0, 0.1) is 5.92 Å². The second kappa shape index (κ2) is 8.78. The summed E-state index contributed by atoms with van der Waals surface area (Å²) in [4.78, 5) is 11.2. The zero-order valence-corrected chi connectivity index (χ0v) is 11.4. The molecule has 3 N–H and O–H groups in total. The molecule has 0 radical (unpaired) electrons. The molecule has 0 aliphatic carbocycles. The van der Waals surface area contributed by atoms with Crippen LogP contribution in [0.5, 0.6) is 0 Å². The number of hydrogen-bond acceptors (Lipinski definition) is 4. The van der Waals surface area contributed by atoms with E-state index in [9.17, 15) is 13.2 Å². The summed E-state index contributed by atoms with van der Waals surface area (Å²) >= 11 is 0. The SMILES string of the molecule is CC(C)CS(=O)(=O)CC(=O)NCCCN.Cl. The summed E-state index contributed by atoms with van der Waals surface area (Å²) in [7, 11) is -3.26. The maximum atomic E-state index is 11.4. The number of rotatable bonds is 7. The van der Waals surface area contributed by atoms with Crippen molar-refractivity contribution < 1.29 is 13.2 Å². The third kappa shape index (κ3) is 10.2. The average molecular weight is 273 g/mol. The Hall–Kier alpha value is -0.330. The zero-order valence-electron chi connectivity index (χ0n) is 9.73. The molecule has 0 saturated heterocycles.